The maximum Gasteiger partial charge on any atom is 0.344 e. The summed E-state index contributed by atoms with van der Waals surface area (Å²) in [5.74, 6) is -3.92. The fourth-order valence-electron chi connectivity index (χ4n) is 2.79. The highest BCUT2D eigenvalue weighted by Gasteiger charge is 2.70. The minimum absolute atomic E-state index is 0.0770. The van der Waals surface area contributed by atoms with Crippen LogP contribution < -0.4 is 5.73 Å². The minimum atomic E-state index is -3.92. The third-order valence-electron chi connectivity index (χ3n) is 3.73. The van der Waals surface area contributed by atoms with E-state index in [0.717, 1.165) is 0 Å². The molecule has 0 spiro atoms. The molecule has 19 heavy (non-hydrogen) atoms. The van der Waals surface area contributed by atoms with Gasteiger partial charge in [0.15, 0.2) is 0 Å². The number of aryl methyl sites for hydroxylation is 1. The maximum absolute atomic E-state index is 14.1. The molecule has 0 heterocycles. The Kier molecular flexibility index (Phi) is 3.27. The van der Waals surface area contributed by atoms with Crippen LogP contribution in [0.15, 0.2) is 24.3 Å². The van der Waals surface area contributed by atoms with Crippen molar-refractivity contribution in [3.8, 4) is 0 Å². The van der Waals surface area contributed by atoms with Crippen molar-refractivity contribution in [2.75, 3.05) is 6.61 Å². The van der Waals surface area contributed by atoms with Crippen molar-refractivity contribution in [2.45, 2.75) is 30.3 Å². The molecule has 0 saturated carbocycles. The highest BCUT2D eigenvalue weighted by atomic mass is 19.3. The van der Waals surface area contributed by atoms with Gasteiger partial charge >= 0.3 is 11.5 Å². The Morgan fingerprint density at radius 3 is 2.74 bits per heavy atom. The summed E-state index contributed by atoms with van der Waals surface area (Å²) < 4.78 is 28.2. The smallest absolute Gasteiger partial charge is 0.344 e. The van der Waals surface area contributed by atoms with Crippen molar-refractivity contribution in [3.63, 3.8) is 0 Å². The monoisotopic (exact) mass is 272 g/mol. The number of halogens is 2. The number of nitro groups is 1. The second kappa shape index (κ2) is 4.50. The van der Waals surface area contributed by atoms with E-state index in [9.17, 15) is 18.9 Å². The van der Waals surface area contributed by atoms with E-state index in [4.69, 9.17) is 10.8 Å². The van der Waals surface area contributed by atoms with Gasteiger partial charge in [0.25, 0.3) is 0 Å². The Balaban J connectivity index is 2.76. The summed E-state index contributed by atoms with van der Waals surface area (Å²) in [6, 6.07) is 4.62. The van der Waals surface area contributed by atoms with E-state index in [1.165, 1.54) is 12.1 Å². The van der Waals surface area contributed by atoms with Gasteiger partial charge in [0.05, 0.1) is 6.04 Å². The second-order valence-corrected chi connectivity index (χ2v) is 4.69. The van der Waals surface area contributed by atoms with Crippen LogP contribution in [-0.4, -0.2) is 28.6 Å². The molecule has 5 nitrogen and oxygen atoms in total. The molecule has 0 aromatic heterocycles. The lowest BCUT2D eigenvalue weighted by molar-refractivity contribution is -0.617. The van der Waals surface area contributed by atoms with Gasteiger partial charge in [-0.1, -0.05) is 24.3 Å². The first kappa shape index (κ1) is 13.8. The van der Waals surface area contributed by atoms with Gasteiger partial charge in [0.1, 0.15) is 6.61 Å². The molecule has 3 N–H and O–H groups in total. The molecule has 0 bridgehead atoms. The second-order valence-electron chi connectivity index (χ2n) is 4.69. The fourth-order valence-corrected chi connectivity index (χ4v) is 2.79. The van der Waals surface area contributed by atoms with Gasteiger partial charge in [-0.2, -0.15) is 8.78 Å². The topological polar surface area (TPSA) is 89.4 Å². The number of rotatable bonds is 3. The summed E-state index contributed by atoms with van der Waals surface area (Å²) in [4.78, 5) is 10.3. The fraction of sp³-hybridized carbons (Fsp3) is 0.500. The molecule has 1 unspecified atom stereocenters. The van der Waals surface area contributed by atoms with Crippen molar-refractivity contribution < 1.29 is 18.8 Å². The molecule has 7 heteroatoms. The molecule has 1 aromatic rings. The number of nitrogens with two attached hydrogens (primary N) is 1. The van der Waals surface area contributed by atoms with Crippen LogP contribution in [0, 0.1) is 10.1 Å². The Morgan fingerprint density at radius 2 is 2.16 bits per heavy atom. The Morgan fingerprint density at radius 1 is 1.53 bits per heavy atom. The van der Waals surface area contributed by atoms with Crippen molar-refractivity contribution in [1.82, 2.24) is 0 Å². The molecule has 0 aliphatic heterocycles. The van der Waals surface area contributed by atoms with Gasteiger partial charge in [-0.3, -0.25) is 10.1 Å². The molecular formula is C12H14F2N2O3. The third-order valence-corrected chi connectivity index (χ3v) is 3.73. The lowest BCUT2D eigenvalue weighted by Gasteiger charge is -2.40. The molecule has 0 saturated heterocycles. The van der Waals surface area contributed by atoms with Gasteiger partial charge in [0, 0.05) is 10.5 Å². The van der Waals surface area contributed by atoms with Crippen LogP contribution in [0.2, 0.25) is 0 Å². The summed E-state index contributed by atoms with van der Waals surface area (Å²) in [6.45, 7) is -1.62. The molecule has 2 rings (SSSR count). The molecule has 0 radical (unpaired) electrons. The molecule has 1 aliphatic carbocycles. The predicted molar refractivity (Wildman–Crippen MR) is 63.4 cm³/mol. The maximum atomic E-state index is 14.1. The Bertz CT molecular complexity index is 510. The zero-order valence-corrected chi connectivity index (χ0v) is 10.1. The van der Waals surface area contributed by atoms with Crippen LogP contribution in [-0.2, 0) is 12.0 Å². The number of hydrogen-bond donors (Lipinski definition) is 2. The van der Waals surface area contributed by atoms with E-state index in [2.05, 4.69) is 0 Å². The van der Waals surface area contributed by atoms with Crippen molar-refractivity contribution >= 4 is 0 Å². The lowest BCUT2D eigenvalue weighted by atomic mass is 9.70. The standard InChI is InChI=1S/C12H14F2N2O3/c13-11(14,7-17)12(16(18)19)9-4-2-1-3-8(9)5-6-10(12)15/h1-4,10,17H,5-7,15H2/t10?,12-/m1/s1. The number of hydrogen-bond acceptors (Lipinski definition) is 4. The molecule has 104 valence electrons. The summed E-state index contributed by atoms with van der Waals surface area (Å²) >= 11 is 0. The van der Waals surface area contributed by atoms with E-state index in [-0.39, 0.29) is 12.0 Å². The van der Waals surface area contributed by atoms with Gasteiger partial charge in [-0.05, 0) is 18.4 Å². The Hall–Kier alpha value is -1.60. The number of benzene rings is 1. The molecule has 2 atom stereocenters. The highest BCUT2D eigenvalue weighted by molar-refractivity contribution is 5.38. The average molecular weight is 272 g/mol. The number of alkyl halides is 2. The zero-order valence-electron chi connectivity index (χ0n) is 10.1. The summed E-state index contributed by atoms with van der Waals surface area (Å²) in [6.07, 6.45) is 0.488. The van der Waals surface area contributed by atoms with Gasteiger partial charge in [0.2, 0.25) is 0 Å². The van der Waals surface area contributed by atoms with Crippen LogP contribution in [0.3, 0.4) is 0 Å². The quantitative estimate of drug-likeness (QED) is 0.636. The van der Waals surface area contributed by atoms with Gasteiger partial charge in [-0.25, -0.2) is 0 Å². The first-order valence-electron chi connectivity index (χ1n) is 5.85. The van der Waals surface area contributed by atoms with Crippen LogP contribution in [0.5, 0.6) is 0 Å². The van der Waals surface area contributed by atoms with Crippen LogP contribution in [0.4, 0.5) is 8.78 Å². The van der Waals surface area contributed by atoms with Crippen LogP contribution in [0.1, 0.15) is 17.5 Å². The van der Waals surface area contributed by atoms with E-state index >= 15 is 0 Å². The molecule has 1 aliphatic rings. The van der Waals surface area contributed by atoms with E-state index in [1.54, 1.807) is 12.1 Å². The molecule has 0 amide bonds. The van der Waals surface area contributed by atoms with Gasteiger partial charge in [-0.15, -0.1) is 0 Å². The highest BCUT2D eigenvalue weighted by Crippen LogP contribution is 2.47. The van der Waals surface area contributed by atoms with E-state index in [1.807, 2.05) is 0 Å². The number of nitrogens with zero attached hydrogens (tertiary/aromatic N) is 1. The van der Waals surface area contributed by atoms with Gasteiger partial charge < -0.3 is 10.8 Å². The first-order chi connectivity index (χ1) is 8.88. The molecule has 1 aromatic carbocycles. The Labute approximate surface area is 108 Å². The van der Waals surface area contributed by atoms with Crippen molar-refractivity contribution in [2.24, 2.45) is 5.73 Å². The summed E-state index contributed by atoms with van der Waals surface area (Å²) in [7, 11) is 0. The van der Waals surface area contributed by atoms with Crippen molar-refractivity contribution in [1.29, 1.82) is 0 Å². The summed E-state index contributed by atoms with van der Waals surface area (Å²) in [5.41, 5.74) is 3.27. The van der Waals surface area contributed by atoms with Crippen LogP contribution in [0.25, 0.3) is 0 Å². The number of aliphatic hydroxyl groups is 1. The van der Waals surface area contributed by atoms with Crippen molar-refractivity contribution in [3.05, 3.63) is 45.5 Å². The number of aliphatic hydroxyl groups excluding tert-OH is 1. The number of fused-ring (bicyclic) bond motifs is 1. The minimum Gasteiger partial charge on any atom is -0.390 e. The lowest BCUT2D eigenvalue weighted by Crippen LogP contribution is -2.65. The third kappa shape index (κ3) is 1.73. The first-order valence-corrected chi connectivity index (χ1v) is 5.85. The molecular weight excluding hydrogens is 258 g/mol. The van der Waals surface area contributed by atoms with E-state index < -0.39 is 29.0 Å². The van der Waals surface area contributed by atoms with E-state index in [0.29, 0.717) is 12.0 Å². The zero-order chi connectivity index (χ0) is 14.3. The summed E-state index contributed by atoms with van der Waals surface area (Å²) in [5, 5.41) is 20.3. The molecule has 0 fully saturated rings. The SMILES string of the molecule is NC1CCc2ccccc2[C@]1([N+](=O)[O-])C(F)(F)CO. The normalized spacial score (nSPS) is 26.8. The van der Waals surface area contributed by atoms with Crippen LogP contribution >= 0.6 is 0 Å². The largest absolute Gasteiger partial charge is 0.390 e. The predicted octanol–water partition coefficient (Wildman–Crippen LogP) is 1.06. The average Bonchev–Trinajstić information content (AvgIpc) is 2.38.